The second kappa shape index (κ2) is 7.86. The smallest absolute Gasteiger partial charge is 0.375 e. The van der Waals surface area contributed by atoms with Gasteiger partial charge in [0.05, 0.1) is 6.61 Å². The zero-order valence-corrected chi connectivity index (χ0v) is 15.6. The first-order valence-corrected chi connectivity index (χ1v) is 9.32. The van der Waals surface area contributed by atoms with Gasteiger partial charge in [-0.05, 0) is 31.0 Å². The zero-order valence-electron chi connectivity index (χ0n) is 15.6. The zero-order chi connectivity index (χ0) is 19.5. The summed E-state index contributed by atoms with van der Waals surface area (Å²) in [5.41, 5.74) is 3.23. The van der Waals surface area contributed by atoms with Crippen LogP contribution in [0.4, 0.5) is 5.69 Å². The Morgan fingerprint density at radius 3 is 2.75 bits per heavy atom. The van der Waals surface area contributed by atoms with Gasteiger partial charge < -0.3 is 18.8 Å². The van der Waals surface area contributed by atoms with Gasteiger partial charge in [0.1, 0.15) is 5.58 Å². The Labute approximate surface area is 162 Å². The molecule has 0 N–H and O–H groups in total. The number of para-hydroxylation sites is 2. The molecule has 4 rings (SSSR count). The first-order valence-electron chi connectivity index (χ1n) is 9.32. The molecule has 1 aliphatic rings. The van der Waals surface area contributed by atoms with Crippen molar-refractivity contribution in [3.63, 3.8) is 0 Å². The molecule has 0 bridgehead atoms. The minimum atomic E-state index is -0.660. The number of anilines is 1. The molecule has 3 aromatic rings. The number of hydrogen-bond acceptors (Lipinski definition) is 5. The van der Waals surface area contributed by atoms with Crippen LogP contribution in [0, 0.1) is 0 Å². The Morgan fingerprint density at radius 2 is 1.89 bits per heavy atom. The average molecular weight is 379 g/mol. The van der Waals surface area contributed by atoms with Crippen molar-refractivity contribution in [3.8, 4) is 0 Å². The van der Waals surface area contributed by atoms with Crippen molar-refractivity contribution >= 4 is 28.5 Å². The predicted octanol–water partition coefficient (Wildman–Crippen LogP) is 3.72. The van der Waals surface area contributed by atoms with Gasteiger partial charge in [-0.1, -0.05) is 36.4 Å². The van der Waals surface area contributed by atoms with Crippen LogP contribution in [-0.2, 0) is 27.3 Å². The van der Waals surface area contributed by atoms with Gasteiger partial charge in [-0.2, -0.15) is 0 Å². The highest BCUT2D eigenvalue weighted by atomic mass is 16.5. The van der Waals surface area contributed by atoms with Crippen molar-refractivity contribution in [2.45, 2.75) is 20.0 Å². The molecule has 0 aliphatic carbocycles. The molecule has 0 fully saturated rings. The predicted molar refractivity (Wildman–Crippen MR) is 104 cm³/mol. The molecule has 0 unspecified atom stereocenters. The van der Waals surface area contributed by atoms with Gasteiger partial charge in [0.2, 0.25) is 5.76 Å². The van der Waals surface area contributed by atoms with Gasteiger partial charge in [0.15, 0.2) is 6.61 Å². The molecule has 6 heteroatoms. The first kappa shape index (κ1) is 18.3. The Hall–Kier alpha value is -3.12. The number of rotatable bonds is 6. The minimum absolute atomic E-state index is 0.0873. The van der Waals surface area contributed by atoms with Gasteiger partial charge in [0.25, 0.3) is 5.91 Å². The maximum Gasteiger partial charge on any atom is 0.375 e. The van der Waals surface area contributed by atoms with Gasteiger partial charge in [-0.3, -0.25) is 4.79 Å². The van der Waals surface area contributed by atoms with Crippen molar-refractivity contribution in [1.82, 2.24) is 0 Å². The van der Waals surface area contributed by atoms with E-state index in [1.165, 1.54) is 0 Å². The minimum Gasteiger partial charge on any atom is -0.450 e. The number of ether oxygens (including phenoxy) is 2. The van der Waals surface area contributed by atoms with Gasteiger partial charge in [-0.25, -0.2) is 4.79 Å². The van der Waals surface area contributed by atoms with Crippen LogP contribution in [0.5, 0.6) is 0 Å². The van der Waals surface area contributed by atoms with E-state index < -0.39 is 5.97 Å². The second-order valence-electron chi connectivity index (χ2n) is 6.54. The summed E-state index contributed by atoms with van der Waals surface area (Å²) in [5.74, 6) is -0.822. The van der Waals surface area contributed by atoms with Gasteiger partial charge in [0, 0.05) is 29.8 Å². The molecule has 0 saturated carbocycles. The SMILES string of the molecule is CCOCc1c(C(=O)OCC(=O)N2CCc3ccccc32)oc2ccccc12. The fourth-order valence-electron chi connectivity index (χ4n) is 3.48. The highest BCUT2D eigenvalue weighted by Gasteiger charge is 2.27. The molecule has 6 nitrogen and oxygen atoms in total. The van der Waals surface area contributed by atoms with E-state index in [0.29, 0.717) is 24.3 Å². The van der Waals surface area contributed by atoms with E-state index in [2.05, 4.69) is 0 Å². The van der Waals surface area contributed by atoms with E-state index in [1.807, 2.05) is 49.4 Å². The van der Waals surface area contributed by atoms with Crippen molar-refractivity contribution in [2.24, 2.45) is 0 Å². The van der Waals surface area contributed by atoms with E-state index in [4.69, 9.17) is 13.9 Å². The van der Waals surface area contributed by atoms with Gasteiger partial charge in [-0.15, -0.1) is 0 Å². The highest BCUT2D eigenvalue weighted by Crippen LogP contribution is 2.29. The van der Waals surface area contributed by atoms with E-state index >= 15 is 0 Å². The molecular weight excluding hydrogens is 358 g/mol. The molecule has 1 aliphatic heterocycles. The number of benzene rings is 2. The monoisotopic (exact) mass is 379 g/mol. The van der Waals surface area contributed by atoms with E-state index in [-0.39, 0.29) is 24.9 Å². The highest BCUT2D eigenvalue weighted by molar-refractivity contribution is 6.00. The Balaban J connectivity index is 1.49. The molecule has 1 amide bonds. The van der Waals surface area contributed by atoms with Crippen LogP contribution in [0.1, 0.15) is 28.6 Å². The summed E-state index contributed by atoms with van der Waals surface area (Å²) in [4.78, 5) is 26.8. The number of amides is 1. The van der Waals surface area contributed by atoms with Crippen LogP contribution >= 0.6 is 0 Å². The topological polar surface area (TPSA) is 69.0 Å². The maximum atomic E-state index is 12.6. The van der Waals surface area contributed by atoms with Crippen LogP contribution in [-0.4, -0.2) is 31.6 Å². The van der Waals surface area contributed by atoms with Crippen LogP contribution in [0.2, 0.25) is 0 Å². The summed E-state index contributed by atoms with van der Waals surface area (Å²) in [6.07, 6.45) is 0.804. The van der Waals surface area contributed by atoms with Gasteiger partial charge >= 0.3 is 5.97 Å². The Bertz CT molecular complexity index is 1020. The first-order chi connectivity index (χ1) is 13.7. The lowest BCUT2D eigenvalue weighted by Gasteiger charge is -2.17. The van der Waals surface area contributed by atoms with Crippen LogP contribution in [0.25, 0.3) is 11.0 Å². The molecule has 2 heterocycles. The third kappa shape index (κ3) is 3.39. The molecule has 144 valence electrons. The number of nitrogens with zero attached hydrogens (tertiary/aromatic N) is 1. The molecule has 28 heavy (non-hydrogen) atoms. The maximum absolute atomic E-state index is 12.6. The van der Waals surface area contributed by atoms with Crippen LogP contribution in [0.15, 0.2) is 52.9 Å². The number of esters is 1. The van der Waals surface area contributed by atoms with E-state index in [1.54, 1.807) is 11.0 Å². The number of hydrogen-bond donors (Lipinski definition) is 0. The lowest BCUT2D eigenvalue weighted by Crippen LogP contribution is -2.33. The van der Waals surface area contributed by atoms with E-state index in [0.717, 1.165) is 23.1 Å². The molecule has 2 aromatic carbocycles. The fraction of sp³-hybridized carbons (Fsp3) is 0.273. The fourth-order valence-corrected chi connectivity index (χ4v) is 3.48. The standard InChI is InChI=1S/C22H21NO5/c1-2-26-13-17-16-8-4-6-10-19(16)28-21(17)22(25)27-14-20(24)23-12-11-15-7-3-5-9-18(15)23/h3-10H,2,11-14H2,1H3. The molecule has 0 spiro atoms. The van der Waals surface area contributed by atoms with Crippen molar-refractivity contribution in [2.75, 3.05) is 24.7 Å². The molecule has 0 radical (unpaired) electrons. The molecular formula is C22H21NO5. The summed E-state index contributed by atoms with van der Waals surface area (Å²) < 4.78 is 16.5. The quantitative estimate of drug-likeness (QED) is 0.611. The van der Waals surface area contributed by atoms with Crippen molar-refractivity contribution < 1.29 is 23.5 Å². The normalized spacial score (nSPS) is 13.0. The number of carbonyl (C=O) groups is 2. The third-order valence-corrected chi connectivity index (χ3v) is 4.85. The summed E-state index contributed by atoms with van der Waals surface area (Å²) in [6, 6.07) is 15.1. The molecule has 0 atom stereocenters. The summed E-state index contributed by atoms with van der Waals surface area (Å²) in [6.45, 7) is 2.90. The van der Waals surface area contributed by atoms with Crippen LogP contribution in [0.3, 0.4) is 0 Å². The lowest BCUT2D eigenvalue weighted by atomic mass is 10.1. The Kier molecular flexibility index (Phi) is 5.12. The largest absolute Gasteiger partial charge is 0.450 e. The van der Waals surface area contributed by atoms with E-state index in [9.17, 15) is 9.59 Å². The molecule has 1 aromatic heterocycles. The third-order valence-electron chi connectivity index (χ3n) is 4.85. The van der Waals surface area contributed by atoms with Crippen LogP contribution < -0.4 is 4.90 Å². The average Bonchev–Trinajstić information content (AvgIpc) is 3.32. The number of fused-ring (bicyclic) bond motifs is 2. The Morgan fingerprint density at radius 1 is 1.11 bits per heavy atom. The van der Waals surface area contributed by atoms with Crippen molar-refractivity contribution in [1.29, 1.82) is 0 Å². The number of carbonyl (C=O) groups excluding carboxylic acids is 2. The molecule has 0 saturated heterocycles. The second-order valence-corrected chi connectivity index (χ2v) is 6.54. The van der Waals surface area contributed by atoms with Crippen molar-refractivity contribution in [3.05, 3.63) is 65.4 Å². The summed E-state index contributed by atoms with van der Waals surface area (Å²) >= 11 is 0. The summed E-state index contributed by atoms with van der Waals surface area (Å²) in [5, 5.41) is 0.808. The lowest BCUT2D eigenvalue weighted by molar-refractivity contribution is -0.121. The summed E-state index contributed by atoms with van der Waals surface area (Å²) in [7, 11) is 0. The number of furan rings is 1.